The van der Waals surface area contributed by atoms with E-state index in [4.69, 9.17) is 8.85 Å². The number of hydrogen-bond donors (Lipinski definition) is 0. The van der Waals surface area contributed by atoms with Gasteiger partial charge in [-0.2, -0.15) is 0 Å². The molecular weight excluding hydrogens is 477 g/mol. The van der Waals surface area contributed by atoms with Crippen molar-refractivity contribution in [2.75, 3.05) is 0 Å². The summed E-state index contributed by atoms with van der Waals surface area (Å²) < 4.78 is 13.7. The van der Waals surface area contributed by atoms with E-state index in [2.05, 4.69) is 86.8 Å². The Labute approximate surface area is 223 Å². The molecule has 0 amide bonds. The van der Waals surface area contributed by atoms with Crippen LogP contribution < -0.4 is 4.43 Å². The van der Waals surface area contributed by atoms with Crippen molar-refractivity contribution < 1.29 is 13.6 Å². The van der Waals surface area contributed by atoms with Crippen LogP contribution in [0.15, 0.2) is 12.1 Å². The summed E-state index contributed by atoms with van der Waals surface area (Å²) in [4.78, 5) is 12.2. The van der Waals surface area contributed by atoms with Crippen LogP contribution in [0.2, 0.25) is 36.3 Å². The van der Waals surface area contributed by atoms with Gasteiger partial charge in [-0.1, -0.05) is 48.5 Å². The lowest BCUT2D eigenvalue weighted by molar-refractivity contribution is -0.0165. The monoisotopic (exact) mass is 528 g/mol. The van der Waals surface area contributed by atoms with E-state index >= 15 is 0 Å². The minimum atomic E-state index is -2.01. The van der Waals surface area contributed by atoms with Gasteiger partial charge in [-0.3, -0.25) is 4.79 Å². The lowest BCUT2D eigenvalue weighted by Crippen LogP contribution is -2.50. The zero-order valence-electron chi connectivity index (χ0n) is 25.0. The number of aldehydes is 1. The summed E-state index contributed by atoms with van der Waals surface area (Å²) in [6.45, 7) is 25.7. The molecule has 2 saturated carbocycles. The molecule has 2 fully saturated rings. The van der Waals surface area contributed by atoms with Crippen LogP contribution >= 0.6 is 0 Å². The smallest absolute Gasteiger partial charge is 0.250 e. The molecule has 4 rings (SSSR count). The largest absolute Gasteiger partial charge is 0.543 e. The van der Waals surface area contributed by atoms with Gasteiger partial charge < -0.3 is 8.85 Å². The molecule has 1 aromatic carbocycles. The lowest BCUT2D eigenvalue weighted by Gasteiger charge is -2.52. The molecule has 0 radical (unpaired) electrons. The summed E-state index contributed by atoms with van der Waals surface area (Å²) in [7, 11) is -3.81. The minimum Gasteiger partial charge on any atom is -0.543 e. The van der Waals surface area contributed by atoms with E-state index in [1.165, 1.54) is 43.2 Å². The Morgan fingerprint density at radius 2 is 1.56 bits per heavy atom. The quantitative estimate of drug-likeness (QED) is 0.282. The Morgan fingerprint density at radius 3 is 2.14 bits per heavy atom. The van der Waals surface area contributed by atoms with Gasteiger partial charge in [0.1, 0.15) is 5.75 Å². The van der Waals surface area contributed by atoms with E-state index in [1.54, 1.807) is 0 Å². The number of benzene rings is 1. The van der Waals surface area contributed by atoms with Crippen molar-refractivity contribution in [2.45, 2.75) is 135 Å². The molecule has 0 heterocycles. The lowest BCUT2D eigenvalue weighted by atomic mass is 9.55. The van der Waals surface area contributed by atoms with Crippen LogP contribution in [0.4, 0.5) is 0 Å². The summed E-state index contributed by atoms with van der Waals surface area (Å²) >= 11 is 0. The molecule has 1 aromatic rings. The number of hydrogen-bond acceptors (Lipinski definition) is 3. The molecule has 3 nitrogen and oxygen atoms in total. The molecule has 202 valence electrons. The molecule has 5 atom stereocenters. The first-order valence-corrected chi connectivity index (χ1v) is 20.2. The number of aryl methyl sites for hydroxylation is 1. The van der Waals surface area contributed by atoms with Crippen LogP contribution in [-0.4, -0.2) is 29.0 Å². The fourth-order valence-corrected chi connectivity index (χ4v) is 9.39. The molecule has 36 heavy (non-hydrogen) atoms. The molecule has 0 aromatic heterocycles. The fourth-order valence-electron chi connectivity index (χ4n) is 6.90. The second-order valence-electron chi connectivity index (χ2n) is 15.5. The first kappa shape index (κ1) is 28.1. The van der Waals surface area contributed by atoms with Crippen molar-refractivity contribution in [3.8, 4) is 5.75 Å². The zero-order valence-corrected chi connectivity index (χ0v) is 27.0. The van der Waals surface area contributed by atoms with Gasteiger partial charge in [0, 0.05) is 0 Å². The highest BCUT2D eigenvalue weighted by atomic mass is 28.4. The van der Waals surface area contributed by atoms with Gasteiger partial charge in [0.25, 0.3) is 8.32 Å². The second kappa shape index (κ2) is 9.08. The van der Waals surface area contributed by atoms with Crippen molar-refractivity contribution >= 4 is 22.9 Å². The summed E-state index contributed by atoms with van der Waals surface area (Å²) in [6, 6.07) is 4.45. The average molecular weight is 529 g/mol. The molecular formula is C31H52O3Si2. The first-order valence-electron chi connectivity index (χ1n) is 14.4. The molecule has 0 aliphatic heterocycles. The van der Waals surface area contributed by atoms with Crippen LogP contribution in [0, 0.1) is 17.3 Å². The Bertz CT molecular complexity index is 1000. The third-order valence-corrected chi connectivity index (χ3v) is 20.1. The van der Waals surface area contributed by atoms with E-state index in [9.17, 15) is 4.79 Å². The van der Waals surface area contributed by atoms with Crippen LogP contribution in [0.3, 0.4) is 0 Å². The van der Waals surface area contributed by atoms with Gasteiger partial charge in [0.05, 0.1) is 11.7 Å². The molecule has 3 aliphatic carbocycles. The maximum Gasteiger partial charge on any atom is 0.250 e. The van der Waals surface area contributed by atoms with Crippen molar-refractivity contribution in [1.82, 2.24) is 0 Å². The van der Waals surface area contributed by atoms with Gasteiger partial charge in [0.2, 0.25) is 0 Å². The number of carbonyl (C=O) groups excluding carboxylic acids is 1. The minimum absolute atomic E-state index is 0.105. The number of rotatable bonds is 5. The predicted molar refractivity (Wildman–Crippen MR) is 156 cm³/mol. The van der Waals surface area contributed by atoms with Crippen LogP contribution in [-0.2, 0) is 10.8 Å². The Kier molecular flexibility index (Phi) is 7.09. The highest BCUT2D eigenvalue weighted by molar-refractivity contribution is 6.75. The SMILES string of the molecule is CC(C)(C)[Si](C)(C)Oc1cc2c(cc1C=O)[C@H]1CC[C@]3(C)[C@@H](O[Si](C)(C)C(C)(C)C)CC[C@H]3[C@@H]1CC2. The zero-order chi connectivity index (χ0) is 26.9. The highest BCUT2D eigenvalue weighted by Crippen LogP contribution is 2.62. The summed E-state index contributed by atoms with van der Waals surface area (Å²) in [6.07, 6.45) is 8.73. The first-order chi connectivity index (χ1) is 16.4. The maximum atomic E-state index is 12.2. The van der Waals surface area contributed by atoms with Gasteiger partial charge in [0.15, 0.2) is 14.6 Å². The van der Waals surface area contributed by atoms with Gasteiger partial charge in [-0.15, -0.1) is 0 Å². The summed E-state index contributed by atoms with van der Waals surface area (Å²) in [5.74, 6) is 2.81. The number of carbonyl (C=O) groups is 1. The van der Waals surface area contributed by atoms with Crippen LogP contribution in [0.25, 0.3) is 0 Å². The normalized spacial score (nSPS) is 30.9. The predicted octanol–water partition coefficient (Wildman–Crippen LogP) is 9.13. The second-order valence-corrected chi connectivity index (χ2v) is 25.0. The van der Waals surface area contributed by atoms with Crippen molar-refractivity contribution in [3.05, 3.63) is 28.8 Å². The molecule has 0 unspecified atom stereocenters. The molecule has 0 N–H and O–H groups in total. The summed E-state index contributed by atoms with van der Waals surface area (Å²) in [5.41, 5.74) is 3.89. The van der Waals surface area contributed by atoms with Gasteiger partial charge in [-0.05, 0) is 121 Å². The van der Waals surface area contributed by atoms with Crippen LogP contribution in [0.5, 0.6) is 5.75 Å². The van der Waals surface area contributed by atoms with Gasteiger partial charge in [-0.25, -0.2) is 0 Å². The van der Waals surface area contributed by atoms with E-state index in [0.717, 1.165) is 29.9 Å². The molecule has 0 bridgehead atoms. The van der Waals surface area contributed by atoms with E-state index < -0.39 is 16.6 Å². The molecule has 5 heteroatoms. The van der Waals surface area contributed by atoms with E-state index in [-0.39, 0.29) is 15.5 Å². The highest BCUT2D eigenvalue weighted by Gasteiger charge is 2.57. The molecule has 0 saturated heterocycles. The number of fused-ring (bicyclic) bond motifs is 5. The Morgan fingerprint density at radius 1 is 0.917 bits per heavy atom. The van der Waals surface area contributed by atoms with Crippen LogP contribution in [0.1, 0.15) is 108 Å². The van der Waals surface area contributed by atoms with Gasteiger partial charge >= 0.3 is 0 Å². The topological polar surface area (TPSA) is 35.5 Å². The van der Waals surface area contributed by atoms with E-state index in [1.807, 2.05) is 0 Å². The van der Waals surface area contributed by atoms with Crippen molar-refractivity contribution in [3.63, 3.8) is 0 Å². The Hall–Kier alpha value is -0.916. The molecule has 0 spiro atoms. The average Bonchev–Trinajstić information content (AvgIpc) is 3.07. The standard InChI is InChI=1S/C31H52O3Si2/c1-29(2,3)35(8,9)33-27-19-21-12-13-24-23(25(21)18-22(27)20-32)16-17-31(7)26(24)14-15-28(31)34-36(10,11)30(4,5)6/h18-20,23-24,26,28H,12-17H2,1-11H3/t23-,24+,26-,28-,31-/m0/s1. The third-order valence-electron chi connectivity index (χ3n) is 11.3. The maximum absolute atomic E-state index is 12.2. The Balaban J connectivity index is 1.60. The van der Waals surface area contributed by atoms with Crippen molar-refractivity contribution in [1.29, 1.82) is 0 Å². The van der Waals surface area contributed by atoms with E-state index in [0.29, 0.717) is 17.9 Å². The molecule has 3 aliphatic rings. The van der Waals surface area contributed by atoms with Crippen molar-refractivity contribution in [2.24, 2.45) is 17.3 Å². The third kappa shape index (κ3) is 4.70. The fraction of sp³-hybridized carbons (Fsp3) is 0.774. The summed E-state index contributed by atoms with van der Waals surface area (Å²) in [5, 5.41) is 0.353.